The summed E-state index contributed by atoms with van der Waals surface area (Å²) in [5.41, 5.74) is -0.135. The number of benzene rings is 1. The summed E-state index contributed by atoms with van der Waals surface area (Å²) in [6.07, 6.45) is -2.88. The maximum Gasteiger partial charge on any atom is 0.338 e. The van der Waals surface area contributed by atoms with Gasteiger partial charge in [-0.3, -0.25) is 4.79 Å². The number of nitrogens with zero attached hydrogens (tertiary/aromatic N) is 2. The number of amides is 1. The molecule has 0 fully saturated rings. The minimum atomic E-state index is -2.88. The Morgan fingerprint density at radius 1 is 1.41 bits per heavy atom. The first-order valence-corrected chi connectivity index (χ1v) is 6.99. The lowest BCUT2D eigenvalue weighted by molar-refractivity contribution is 0.0526. The number of halogens is 2. The van der Waals surface area contributed by atoms with Crippen molar-refractivity contribution in [3.8, 4) is 0 Å². The quantitative estimate of drug-likeness (QED) is 0.854. The van der Waals surface area contributed by atoms with Gasteiger partial charge in [0.05, 0.1) is 12.2 Å². The van der Waals surface area contributed by atoms with E-state index in [0.29, 0.717) is 11.5 Å². The molecule has 0 unspecified atom stereocenters. The smallest absolute Gasteiger partial charge is 0.338 e. The van der Waals surface area contributed by atoms with Gasteiger partial charge in [0.15, 0.2) is 5.69 Å². The molecular formula is C13H11F2N3O3S. The minimum Gasteiger partial charge on any atom is -0.462 e. The van der Waals surface area contributed by atoms with Crippen LogP contribution in [0.25, 0.3) is 0 Å². The molecule has 0 aliphatic carbocycles. The van der Waals surface area contributed by atoms with Crippen LogP contribution in [-0.4, -0.2) is 28.1 Å². The van der Waals surface area contributed by atoms with E-state index in [1.807, 2.05) is 0 Å². The monoisotopic (exact) mass is 327 g/mol. The molecule has 0 saturated heterocycles. The Labute approximate surface area is 128 Å². The zero-order valence-electron chi connectivity index (χ0n) is 11.4. The Bertz CT molecular complexity index is 691. The first kappa shape index (κ1) is 16.0. The van der Waals surface area contributed by atoms with Gasteiger partial charge in [-0.15, -0.1) is 5.10 Å². The van der Waals surface area contributed by atoms with Crippen LogP contribution in [0.3, 0.4) is 0 Å². The summed E-state index contributed by atoms with van der Waals surface area (Å²) in [6.45, 7) is 1.89. The van der Waals surface area contributed by atoms with E-state index in [4.69, 9.17) is 4.74 Å². The van der Waals surface area contributed by atoms with Crippen LogP contribution in [0.4, 0.5) is 14.5 Å². The summed E-state index contributed by atoms with van der Waals surface area (Å²) in [4.78, 5) is 23.3. The second kappa shape index (κ2) is 7.03. The zero-order valence-corrected chi connectivity index (χ0v) is 12.2. The number of hydrogen-bond acceptors (Lipinski definition) is 6. The van der Waals surface area contributed by atoms with Crippen LogP contribution in [0.2, 0.25) is 0 Å². The molecule has 0 saturated carbocycles. The summed E-state index contributed by atoms with van der Waals surface area (Å²) < 4.78 is 33.6. The summed E-state index contributed by atoms with van der Waals surface area (Å²) in [7, 11) is 0. The molecule has 0 atom stereocenters. The van der Waals surface area contributed by atoms with Crippen LogP contribution < -0.4 is 5.32 Å². The molecular weight excluding hydrogens is 316 g/mol. The molecule has 1 N–H and O–H groups in total. The van der Waals surface area contributed by atoms with Crippen molar-refractivity contribution in [2.45, 2.75) is 13.3 Å². The Hall–Kier alpha value is -2.42. The molecule has 0 aliphatic rings. The average molecular weight is 327 g/mol. The Balaban J connectivity index is 2.17. The number of esters is 1. The van der Waals surface area contributed by atoms with Crippen molar-refractivity contribution in [3.63, 3.8) is 0 Å². The first-order chi connectivity index (χ1) is 10.5. The van der Waals surface area contributed by atoms with Crippen LogP contribution >= 0.6 is 11.5 Å². The third-order valence-corrected chi connectivity index (χ3v) is 3.30. The molecule has 2 rings (SSSR count). The second-order valence-electron chi connectivity index (χ2n) is 4.04. The van der Waals surface area contributed by atoms with Crippen molar-refractivity contribution in [2.75, 3.05) is 11.9 Å². The van der Waals surface area contributed by atoms with E-state index < -0.39 is 24.0 Å². The summed E-state index contributed by atoms with van der Waals surface area (Å²) in [5, 5.41) is 5.66. The molecule has 2 aromatic rings. The van der Waals surface area contributed by atoms with Gasteiger partial charge in [-0.05, 0) is 36.7 Å². The van der Waals surface area contributed by atoms with Crippen molar-refractivity contribution in [3.05, 3.63) is 40.4 Å². The number of alkyl halides is 2. The Kier molecular flexibility index (Phi) is 5.10. The van der Waals surface area contributed by atoms with E-state index in [-0.39, 0.29) is 22.7 Å². The lowest BCUT2D eigenvalue weighted by Gasteiger charge is -2.06. The predicted molar refractivity (Wildman–Crippen MR) is 75.2 cm³/mol. The molecule has 9 heteroatoms. The normalized spacial score (nSPS) is 10.5. The van der Waals surface area contributed by atoms with Gasteiger partial charge >= 0.3 is 5.97 Å². The van der Waals surface area contributed by atoms with Gasteiger partial charge in [0.2, 0.25) is 0 Å². The van der Waals surface area contributed by atoms with E-state index in [0.717, 1.165) is 0 Å². The van der Waals surface area contributed by atoms with Gasteiger partial charge in [-0.1, -0.05) is 10.6 Å². The molecule has 1 heterocycles. The maximum absolute atomic E-state index is 12.7. The fraction of sp³-hybridized carbons (Fsp3) is 0.231. The van der Waals surface area contributed by atoms with E-state index in [9.17, 15) is 18.4 Å². The van der Waals surface area contributed by atoms with Gasteiger partial charge in [-0.25, -0.2) is 13.6 Å². The number of ether oxygens (including phenoxy) is 1. The van der Waals surface area contributed by atoms with E-state index in [1.54, 1.807) is 13.0 Å². The molecule has 116 valence electrons. The zero-order chi connectivity index (χ0) is 16.1. The Morgan fingerprint density at radius 2 is 2.18 bits per heavy atom. The third kappa shape index (κ3) is 3.61. The van der Waals surface area contributed by atoms with Crippen molar-refractivity contribution >= 4 is 29.1 Å². The highest BCUT2D eigenvalue weighted by Crippen LogP contribution is 2.24. The lowest BCUT2D eigenvalue weighted by atomic mass is 10.2. The van der Waals surface area contributed by atoms with Gasteiger partial charge in [0, 0.05) is 5.69 Å². The maximum atomic E-state index is 12.7. The fourth-order valence-corrected chi connectivity index (χ4v) is 2.19. The molecule has 1 amide bonds. The van der Waals surface area contributed by atoms with Crippen LogP contribution in [-0.2, 0) is 4.74 Å². The molecule has 0 spiro atoms. The molecule has 1 aromatic carbocycles. The van der Waals surface area contributed by atoms with E-state index in [2.05, 4.69) is 14.9 Å². The Morgan fingerprint density at radius 3 is 2.86 bits per heavy atom. The number of aromatic nitrogens is 2. The van der Waals surface area contributed by atoms with Crippen LogP contribution in [0.5, 0.6) is 0 Å². The molecule has 22 heavy (non-hydrogen) atoms. The minimum absolute atomic E-state index is 0.222. The summed E-state index contributed by atoms with van der Waals surface area (Å²) >= 11 is 0.579. The largest absolute Gasteiger partial charge is 0.462 e. The predicted octanol–water partition coefficient (Wildman–Crippen LogP) is 2.90. The number of carbonyl (C=O) groups is 2. The molecule has 0 radical (unpaired) electrons. The van der Waals surface area contributed by atoms with E-state index in [1.165, 1.54) is 18.2 Å². The number of carbonyl (C=O) groups excluding carboxylic acids is 2. The SMILES string of the molecule is CCOC(=O)c1cccc(NC(=O)c2snnc2C(F)F)c1. The molecule has 0 bridgehead atoms. The van der Waals surface area contributed by atoms with Crippen molar-refractivity contribution in [1.29, 1.82) is 0 Å². The number of nitrogens with one attached hydrogen (secondary N) is 1. The van der Waals surface area contributed by atoms with Gasteiger partial charge < -0.3 is 10.1 Å². The van der Waals surface area contributed by atoms with Gasteiger partial charge in [-0.2, -0.15) is 0 Å². The van der Waals surface area contributed by atoms with Crippen molar-refractivity contribution in [1.82, 2.24) is 9.59 Å². The van der Waals surface area contributed by atoms with Crippen molar-refractivity contribution < 1.29 is 23.1 Å². The average Bonchev–Trinajstić information content (AvgIpc) is 2.97. The standard InChI is InChI=1S/C13H11F2N3O3S/c1-2-21-13(20)7-4-3-5-8(6-7)16-12(19)10-9(11(14)15)17-18-22-10/h3-6,11H,2H2,1H3,(H,16,19). The fourth-order valence-electron chi connectivity index (χ4n) is 1.62. The van der Waals surface area contributed by atoms with E-state index >= 15 is 0 Å². The van der Waals surface area contributed by atoms with Crippen LogP contribution in [0, 0.1) is 0 Å². The first-order valence-electron chi connectivity index (χ1n) is 6.21. The van der Waals surface area contributed by atoms with Gasteiger partial charge in [0.25, 0.3) is 12.3 Å². The summed E-state index contributed by atoms with van der Waals surface area (Å²) in [5.74, 6) is -1.29. The lowest BCUT2D eigenvalue weighted by Crippen LogP contribution is -2.13. The molecule has 1 aromatic heterocycles. The molecule has 0 aliphatic heterocycles. The van der Waals surface area contributed by atoms with Crippen molar-refractivity contribution in [2.24, 2.45) is 0 Å². The second-order valence-corrected chi connectivity index (χ2v) is 4.80. The molecule has 6 nitrogen and oxygen atoms in total. The van der Waals surface area contributed by atoms with Gasteiger partial charge in [0.1, 0.15) is 4.88 Å². The van der Waals surface area contributed by atoms with Crippen LogP contribution in [0.1, 0.15) is 39.1 Å². The topological polar surface area (TPSA) is 81.2 Å². The summed E-state index contributed by atoms with van der Waals surface area (Å²) in [6, 6.07) is 5.98. The highest BCUT2D eigenvalue weighted by molar-refractivity contribution is 7.08. The number of hydrogen-bond donors (Lipinski definition) is 1. The highest BCUT2D eigenvalue weighted by Gasteiger charge is 2.23. The van der Waals surface area contributed by atoms with Crippen LogP contribution in [0.15, 0.2) is 24.3 Å². The third-order valence-electron chi connectivity index (χ3n) is 2.56. The number of rotatable bonds is 5. The highest BCUT2D eigenvalue weighted by atomic mass is 32.1. The number of anilines is 1.